The lowest BCUT2D eigenvalue weighted by molar-refractivity contribution is -0.228. The van der Waals surface area contributed by atoms with Crippen LogP contribution in [0.5, 0.6) is 0 Å². The molecule has 1 fully saturated rings. The van der Waals surface area contributed by atoms with Crippen molar-refractivity contribution in [3.05, 3.63) is 65.2 Å². The molecule has 1 aliphatic carbocycles. The smallest absolute Gasteiger partial charge is 0.212 e. The Morgan fingerprint density at radius 3 is 2.62 bits per heavy atom. The average Bonchev–Trinajstić information content (AvgIpc) is 3.51. The van der Waals surface area contributed by atoms with Gasteiger partial charge in [-0.3, -0.25) is 10.4 Å². The molecule has 0 aliphatic heterocycles. The van der Waals surface area contributed by atoms with Crippen molar-refractivity contribution in [2.75, 3.05) is 6.26 Å². The second-order valence-electron chi connectivity index (χ2n) is 7.28. The van der Waals surface area contributed by atoms with Crippen molar-refractivity contribution in [3.8, 4) is 0 Å². The fourth-order valence-corrected chi connectivity index (χ4v) is 4.46. The van der Waals surface area contributed by atoms with Crippen LogP contribution >= 0.6 is 0 Å². The van der Waals surface area contributed by atoms with Gasteiger partial charge in [0.25, 0.3) is 0 Å². The fraction of sp³-hybridized carbons (Fsp3) is 0.400. The molecule has 7 nitrogen and oxygen atoms in total. The Hall–Kier alpha value is -2.36. The van der Waals surface area contributed by atoms with Crippen molar-refractivity contribution in [2.24, 2.45) is 5.92 Å². The molecule has 1 unspecified atom stereocenters. The van der Waals surface area contributed by atoms with Crippen LogP contribution in [-0.4, -0.2) is 26.1 Å². The lowest BCUT2D eigenvalue weighted by atomic mass is 9.79. The van der Waals surface area contributed by atoms with E-state index in [2.05, 4.69) is 14.6 Å². The van der Waals surface area contributed by atoms with Gasteiger partial charge in [-0.25, -0.2) is 17.5 Å². The Labute approximate surface area is 169 Å². The van der Waals surface area contributed by atoms with E-state index in [0.29, 0.717) is 24.3 Å². The first-order chi connectivity index (χ1) is 13.8. The number of nitrogens with zero attached hydrogens (tertiary/aromatic N) is 1. The first-order valence-corrected chi connectivity index (χ1v) is 11.2. The lowest BCUT2D eigenvalue weighted by Gasteiger charge is -2.36. The largest absolute Gasteiger partial charge is 0.325 e. The zero-order valence-corrected chi connectivity index (χ0v) is 16.9. The highest BCUT2D eigenvalue weighted by atomic mass is 32.2. The third-order valence-corrected chi connectivity index (χ3v) is 5.75. The molecule has 9 heteroatoms. The normalized spacial score (nSPS) is 16.2. The van der Waals surface area contributed by atoms with E-state index < -0.39 is 21.4 Å². The molecule has 0 radical (unpaired) electrons. The van der Waals surface area contributed by atoms with Gasteiger partial charge in [0.1, 0.15) is 12.4 Å². The second kappa shape index (κ2) is 8.98. The van der Waals surface area contributed by atoms with Crippen LogP contribution in [0.2, 0.25) is 0 Å². The molecule has 1 aliphatic rings. The van der Waals surface area contributed by atoms with Gasteiger partial charge in [-0.05, 0) is 54.2 Å². The highest BCUT2D eigenvalue weighted by molar-refractivity contribution is 7.88. The molecule has 1 heterocycles. The summed E-state index contributed by atoms with van der Waals surface area (Å²) in [6.07, 6.45) is 8.56. The lowest BCUT2D eigenvalue weighted by Crippen LogP contribution is -2.46. The maximum atomic E-state index is 14.3. The maximum absolute atomic E-state index is 14.3. The van der Waals surface area contributed by atoms with Crippen molar-refractivity contribution in [2.45, 2.75) is 37.8 Å². The minimum atomic E-state index is -3.60. The molecule has 156 valence electrons. The van der Waals surface area contributed by atoms with Crippen molar-refractivity contribution in [1.82, 2.24) is 9.71 Å². The van der Waals surface area contributed by atoms with Gasteiger partial charge in [-0.15, -0.1) is 0 Å². The van der Waals surface area contributed by atoms with E-state index in [4.69, 9.17) is 10.3 Å². The van der Waals surface area contributed by atoms with Gasteiger partial charge in [-0.1, -0.05) is 18.9 Å². The van der Waals surface area contributed by atoms with E-state index >= 15 is 0 Å². The van der Waals surface area contributed by atoms with Gasteiger partial charge in [-0.2, -0.15) is 4.89 Å². The molecule has 0 amide bonds. The van der Waals surface area contributed by atoms with E-state index in [1.54, 1.807) is 36.7 Å². The summed E-state index contributed by atoms with van der Waals surface area (Å²) in [4.78, 5) is 13.3. The van der Waals surface area contributed by atoms with Crippen molar-refractivity contribution in [3.63, 3.8) is 0 Å². The molecule has 0 spiro atoms. The predicted molar refractivity (Wildman–Crippen MR) is 106 cm³/mol. The maximum Gasteiger partial charge on any atom is 0.212 e. The first-order valence-electron chi connectivity index (χ1n) is 9.29. The zero-order chi connectivity index (χ0) is 20.9. The molecule has 1 saturated carbocycles. The van der Waals surface area contributed by atoms with Crippen LogP contribution < -0.4 is 4.72 Å². The van der Waals surface area contributed by atoms with Crippen LogP contribution in [0.25, 0.3) is 0 Å². The van der Waals surface area contributed by atoms with E-state index in [9.17, 15) is 12.8 Å². The van der Waals surface area contributed by atoms with Crippen LogP contribution in [0.3, 0.4) is 0 Å². The van der Waals surface area contributed by atoms with Gasteiger partial charge >= 0.3 is 0 Å². The zero-order valence-electron chi connectivity index (χ0n) is 16.1. The number of sulfonamides is 1. The summed E-state index contributed by atoms with van der Waals surface area (Å²) in [7, 11) is -3.60. The topological polar surface area (TPSA) is 101 Å². The monoisotopic (exact) mass is 421 g/mol. The average molecular weight is 421 g/mol. The summed E-state index contributed by atoms with van der Waals surface area (Å²) in [5.74, 6) is 0.0642. The van der Waals surface area contributed by atoms with Crippen LogP contribution in [0.1, 0.15) is 42.4 Å². The number of hydrogen-bond acceptors (Lipinski definition) is 6. The highest BCUT2D eigenvalue weighted by Gasteiger charge is 2.39. The highest BCUT2D eigenvalue weighted by Crippen LogP contribution is 2.41. The van der Waals surface area contributed by atoms with Crippen LogP contribution in [0.15, 0.2) is 42.7 Å². The number of benzene rings is 1. The number of aromatic nitrogens is 1. The number of halogens is 1. The summed E-state index contributed by atoms with van der Waals surface area (Å²) in [5.41, 5.74) is 0.464. The Bertz CT molecular complexity index is 951. The van der Waals surface area contributed by atoms with E-state index in [0.717, 1.165) is 31.1 Å². The third-order valence-electron chi connectivity index (χ3n) is 5.03. The van der Waals surface area contributed by atoms with E-state index in [1.165, 1.54) is 6.07 Å². The van der Waals surface area contributed by atoms with Crippen LogP contribution in [0, 0.1) is 17.1 Å². The molecule has 2 N–H and O–H groups in total. The molecule has 1 atom stereocenters. The number of nitrogens with one attached hydrogen (secondary N) is 2. The summed E-state index contributed by atoms with van der Waals surface area (Å²) >= 11 is 0. The van der Waals surface area contributed by atoms with Crippen molar-refractivity contribution in [1.29, 1.82) is 5.41 Å². The Morgan fingerprint density at radius 2 is 2.00 bits per heavy atom. The predicted octanol–water partition coefficient (Wildman–Crippen LogP) is 3.26. The van der Waals surface area contributed by atoms with Gasteiger partial charge in [0.2, 0.25) is 16.4 Å². The molecular formula is C20H24FN3O4S. The van der Waals surface area contributed by atoms with Crippen molar-refractivity contribution >= 4 is 16.4 Å². The fourth-order valence-electron chi connectivity index (χ4n) is 3.49. The molecule has 0 saturated heterocycles. The summed E-state index contributed by atoms with van der Waals surface area (Å²) < 4.78 is 41.8. The Morgan fingerprint density at radius 1 is 1.28 bits per heavy atom. The Kier molecular flexibility index (Phi) is 6.61. The van der Waals surface area contributed by atoms with Crippen molar-refractivity contribution < 1.29 is 22.6 Å². The van der Waals surface area contributed by atoms with E-state index in [1.807, 2.05) is 0 Å². The summed E-state index contributed by atoms with van der Waals surface area (Å²) in [6.45, 7) is -0.219. The third kappa shape index (κ3) is 5.59. The molecule has 1 aromatic heterocycles. The number of rotatable bonds is 11. The quantitative estimate of drug-likeness (QED) is 0.191. The molecule has 3 rings (SSSR count). The summed E-state index contributed by atoms with van der Waals surface area (Å²) in [6, 6.07) is 7.98. The standard InChI is InChI=1S/C20H24FN3O4S/c1-29(25,26)24-20(9-6-15-2-3-15,17-7-10-23-11-8-17)18-4-5-19(21)16(12-18)13-27-28-14-22/h4-5,7-8,10-12,14-15,22,24H,2-3,6,9,13H2,1H3. The van der Waals surface area contributed by atoms with Crippen LogP contribution in [0.4, 0.5) is 4.39 Å². The van der Waals surface area contributed by atoms with E-state index in [-0.39, 0.29) is 12.2 Å². The van der Waals surface area contributed by atoms with Crippen LogP contribution in [-0.2, 0) is 31.9 Å². The molecule has 1 aromatic carbocycles. The first kappa shape index (κ1) is 21.4. The van der Waals surface area contributed by atoms with Gasteiger partial charge in [0.15, 0.2) is 0 Å². The second-order valence-corrected chi connectivity index (χ2v) is 9.03. The minimum Gasteiger partial charge on any atom is -0.325 e. The van der Waals surface area contributed by atoms with Gasteiger partial charge in [0.05, 0.1) is 11.8 Å². The number of pyridine rings is 1. The summed E-state index contributed by atoms with van der Waals surface area (Å²) in [5, 5.41) is 6.83. The number of hydrogen-bond donors (Lipinski definition) is 2. The van der Waals surface area contributed by atoms with Gasteiger partial charge in [0, 0.05) is 18.0 Å². The molecular weight excluding hydrogens is 397 g/mol. The molecule has 2 aromatic rings. The van der Waals surface area contributed by atoms with Gasteiger partial charge < -0.3 is 4.89 Å². The molecule has 29 heavy (non-hydrogen) atoms. The SMILES string of the molecule is CS(=O)(=O)NC(CCC1CC1)(c1ccncc1)c1ccc(F)c(COOC=N)c1. The minimum absolute atomic E-state index is 0.199. The molecule has 0 bridgehead atoms. The Balaban J connectivity index is 2.09.